The van der Waals surface area contributed by atoms with E-state index in [0.29, 0.717) is 49.8 Å². The fourth-order valence-corrected chi connectivity index (χ4v) is 4.72. The van der Waals surface area contributed by atoms with Crippen LogP contribution >= 0.6 is 0 Å². The fourth-order valence-electron chi connectivity index (χ4n) is 4.72. The number of anilines is 1. The van der Waals surface area contributed by atoms with Crippen LogP contribution < -0.4 is 14.4 Å². The summed E-state index contributed by atoms with van der Waals surface area (Å²) < 4.78 is 55.7. The summed E-state index contributed by atoms with van der Waals surface area (Å²) in [6.45, 7) is 2.15. The van der Waals surface area contributed by atoms with E-state index in [9.17, 15) is 22.8 Å². The number of amides is 2. The molecule has 2 saturated heterocycles. The summed E-state index contributed by atoms with van der Waals surface area (Å²) in [5.41, 5.74) is 1.13. The molecular weight excluding hydrogens is 535 g/mol. The molecule has 3 aromatic heterocycles. The second-order valence-corrected chi connectivity index (χ2v) is 9.96. The van der Waals surface area contributed by atoms with Crippen molar-refractivity contribution in [1.82, 2.24) is 29.4 Å². The lowest BCUT2D eigenvalue weighted by molar-refractivity contribution is -0.274. The Bertz CT molecular complexity index is 1440. The van der Waals surface area contributed by atoms with Crippen LogP contribution in [0.3, 0.4) is 0 Å². The van der Waals surface area contributed by atoms with Gasteiger partial charge in [0.05, 0.1) is 36.5 Å². The SMILES string of the molecule is CN1C[C@@H](OC(=O)N2CCN(c3ccn4ncc(-c5cc(OC(F)(F)F)cnc5OC5CC5)c4n3)CC2)CC1=O. The van der Waals surface area contributed by atoms with Crippen molar-refractivity contribution in [2.45, 2.75) is 37.8 Å². The van der Waals surface area contributed by atoms with Gasteiger partial charge in [-0.1, -0.05) is 0 Å². The van der Waals surface area contributed by atoms with Crippen molar-refractivity contribution in [3.05, 3.63) is 30.7 Å². The lowest BCUT2D eigenvalue weighted by atomic mass is 10.1. The van der Waals surface area contributed by atoms with Gasteiger partial charge in [-0.2, -0.15) is 5.10 Å². The number of alkyl halides is 3. The minimum Gasteiger partial charge on any atom is -0.474 e. The third kappa shape index (κ3) is 5.53. The zero-order valence-electron chi connectivity index (χ0n) is 21.5. The number of ether oxygens (including phenoxy) is 3. The van der Waals surface area contributed by atoms with Gasteiger partial charge in [0.15, 0.2) is 5.65 Å². The monoisotopic (exact) mass is 561 g/mol. The third-order valence-corrected chi connectivity index (χ3v) is 6.94. The van der Waals surface area contributed by atoms with Crippen LogP contribution in [-0.4, -0.2) is 99.7 Å². The van der Waals surface area contributed by atoms with Crippen molar-refractivity contribution in [1.29, 1.82) is 0 Å². The van der Waals surface area contributed by atoms with Gasteiger partial charge in [0.1, 0.15) is 23.8 Å². The van der Waals surface area contributed by atoms with E-state index in [-0.39, 0.29) is 29.9 Å². The number of piperazine rings is 1. The van der Waals surface area contributed by atoms with Gasteiger partial charge < -0.3 is 28.9 Å². The summed E-state index contributed by atoms with van der Waals surface area (Å²) in [7, 11) is 1.68. The second kappa shape index (κ2) is 10.0. The standard InChI is InChI=1S/C25H26F3N7O5/c1-32-14-17(11-21(32)36)39-24(37)34-8-6-33(7-9-34)20-4-5-35-22(31-20)19(13-30-35)18-10-16(40-25(26,27)28)12-29-23(18)38-15-2-3-15/h4-5,10,12-13,15,17H,2-3,6-9,11,14H2,1H3/t17-/m0/s1. The lowest BCUT2D eigenvalue weighted by Crippen LogP contribution is -2.49. The molecule has 5 heterocycles. The van der Waals surface area contributed by atoms with Crippen molar-refractivity contribution >= 4 is 23.5 Å². The van der Waals surface area contributed by atoms with E-state index in [0.717, 1.165) is 19.0 Å². The minimum absolute atomic E-state index is 0.0379. The number of fused-ring (bicyclic) bond motifs is 1. The summed E-state index contributed by atoms with van der Waals surface area (Å²) in [6, 6.07) is 3.00. The van der Waals surface area contributed by atoms with E-state index in [1.807, 2.05) is 4.90 Å². The molecule has 2 aliphatic heterocycles. The highest BCUT2D eigenvalue weighted by molar-refractivity contribution is 5.82. The fraction of sp³-hybridized carbons (Fsp3) is 0.480. The normalized spacial score (nSPS) is 19.9. The average Bonchev–Trinajstić information content (AvgIpc) is 3.54. The number of pyridine rings is 1. The molecule has 0 spiro atoms. The summed E-state index contributed by atoms with van der Waals surface area (Å²) >= 11 is 0. The van der Waals surface area contributed by atoms with Crippen LogP contribution in [0.25, 0.3) is 16.8 Å². The van der Waals surface area contributed by atoms with Crippen molar-refractivity contribution in [2.75, 3.05) is 44.7 Å². The largest absolute Gasteiger partial charge is 0.573 e. The number of carbonyl (C=O) groups is 2. The predicted octanol–water partition coefficient (Wildman–Crippen LogP) is 2.72. The molecule has 1 aliphatic carbocycles. The van der Waals surface area contributed by atoms with Crippen LogP contribution in [0.1, 0.15) is 19.3 Å². The number of nitrogens with zero attached hydrogens (tertiary/aromatic N) is 7. The molecule has 212 valence electrons. The number of likely N-dealkylation sites (tertiary alicyclic amines) is 1. The van der Waals surface area contributed by atoms with Gasteiger partial charge in [-0.25, -0.2) is 19.3 Å². The molecule has 12 nitrogen and oxygen atoms in total. The summed E-state index contributed by atoms with van der Waals surface area (Å²) in [5, 5.41) is 4.31. The van der Waals surface area contributed by atoms with Gasteiger partial charge in [-0.15, -0.1) is 13.2 Å². The molecule has 0 N–H and O–H groups in total. The predicted molar refractivity (Wildman–Crippen MR) is 133 cm³/mol. The van der Waals surface area contributed by atoms with Crippen molar-refractivity contribution in [3.8, 4) is 22.8 Å². The Hall–Kier alpha value is -4.30. The van der Waals surface area contributed by atoms with Crippen LogP contribution in [0.2, 0.25) is 0 Å². The molecule has 3 aliphatic rings. The van der Waals surface area contributed by atoms with E-state index in [1.54, 1.807) is 29.1 Å². The Labute approximate surface area is 226 Å². The molecule has 1 atom stereocenters. The van der Waals surface area contributed by atoms with Gasteiger partial charge in [0, 0.05) is 39.4 Å². The number of halogens is 3. The summed E-state index contributed by atoms with van der Waals surface area (Å²) in [5.74, 6) is 0.273. The molecule has 0 unspecified atom stereocenters. The van der Waals surface area contributed by atoms with E-state index < -0.39 is 24.3 Å². The Balaban J connectivity index is 1.20. The maximum Gasteiger partial charge on any atom is 0.573 e. The van der Waals surface area contributed by atoms with Gasteiger partial charge in [0.25, 0.3) is 0 Å². The molecule has 3 aromatic rings. The summed E-state index contributed by atoms with van der Waals surface area (Å²) in [6.07, 6.45) is 0.248. The first-order valence-electron chi connectivity index (χ1n) is 12.8. The smallest absolute Gasteiger partial charge is 0.474 e. The second-order valence-electron chi connectivity index (χ2n) is 9.96. The maximum absolute atomic E-state index is 12.9. The van der Waals surface area contributed by atoms with Crippen molar-refractivity contribution in [2.24, 2.45) is 0 Å². The highest BCUT2D eigenvalue weighted by Crippen LogP contribution is 2.38. The van der Waals surface area contributed by atoms with Gasteiger partial charge in [0.2, 0.25) is 11.8 Å². The van der Waals surface area contributed by atoms with E-state index >= 15 is 0 Å². The average molecular weight is 562 g/mol. The van der Waals surface area contributed by atoms with Gasteiger partial charge in [-0.3, -0.25) is 4.79 Å². The molecule has 3 fully saturated rings. The van der Waals surface area contributed by atoms with Gasteiger partial charge >= 0.3 is 12.5 Å². The van der Waals surface area contributed by atoms with E-state index in [1.165, 1.54) is 16.8 Å². The zero-order chi connectivity index (χ0) is 28.0. The molecule has 15 heteroatoms. The lowest BCUT2D eigenvalue weighted by Gasteiger charge is -2.35. The number of rotatable bonds is 6. The highest BCUT2D eigenvalue weighted by atomic mass is 19.4. The quantitative estimate of drug-likeness (QED) is 0.448. The third-order valence-electron chi connectivity index (χ3n) is 6.94. The molecule has 0 bridgehead atoms. The molecular formula is C25H26F3N7O5. The molecule has 2 amide bonds. The number of carbonyl (C=O) groups excluding carboxylic acids is 2. The molecule has 1 saturated carbocycles. The Morgan fingerprint density at radius 1 is 1.07 bits per heavy atom. The zero-order valence-corrected chi connectivity index (χ0v) is 21.5. The molecule has 40 heavy (non-hydrogen) atoms. The molecule has 0 radical (unpaired) electrons. The number of aromatic nitrogens is 4. The van der Waals surface area contributed by atoms with E-state index in [4.69, 9.17) is 14.5 Å². The van der Waals surface area contributed by atoms with Crippen molar-refractivity contribution in [3.63, 3.8) is 0 Å². The molecule has 0 aromatic carbocycles. The number of hydrogen-bond acceptors (Lipinski definition) is 9. The van der Waals surface area contributed by atoms with Gasteiger partial charge in [-0.05, 0) is 25.0 Å². The van der Waals surface area contributed by atoms with Crippen LogP contribution in [0.15, 0.2) is 30.7 Å². The number of likely N-dealkylation sites (N-methyl/N-ethyl adjacent to an activating group) is 1. The first kappa shape index (κ1) is 26.0. The minimum atomic E-state index is -4.87. The first-order chi connectivity index (χ1) is 19.1. The summed E-state index contributed by atoms with van der Waals surface area (Å²) in [4.78, 5) is 38.3. The highest BCUT2D eigenvalue weighted by Gasteiger charge is 2.34. The topological polar surface area (TPSA) is 115 Å². The van der Waals surface area contributed by atoms with Crippen molar-refractivity contribution < 1.29 is 37.0 Å². The Morgan fingerprint density at radius 2 is 1.85 bits per heavy atom. The van der Waals surface area contributed by atoms with E-state index in [2.05, 4.69) is 14.8 Å². The number of hydrogen-bond donors (Lipinski definition) is 0. The van der Waals surface area contributed by atoms with Crippen LogP contribution in [-0.2, 0) is 9.53 Å². The van der Waals surface area contributed by atoms with Crippen LogP contribution in [0.5, 0.6) is 11.6 Å². The Kier molecular flexibility index (Phi) is 6.50. The first-order valence-corrected chi connectivity index (χ1v) is 12.8. The maximum atomic E-state index is 12.9. The van der Waals surface area contributed by atoms with Crippen LogP contribution in [0.4, 0.5) is 23.8 Å². The Morgan fingerprint density at radius 3 is 2.52 bits per heavy atom. The van der Waals surface area contributed by atoms with Crippen LogP contribution in [0, 0.1) is 0 Å². The molecule has 6 rings (SSSR count).